The molecule has 1 atom stereocenters. The molecule has 1 fully saturated rings. The number of hydrogen-bond acceptors (Lipinski definition) is 0. The average molecular weight is 292 g/mol. The minimum atomic E-state index is -1.94. The van der Waals surface area contributed by atoms with Crippen LogP contribution in [-0.2, 0) is 20.3 Å². The van der Waals surface area contributed by atoms with Crippen molar-refractivity contribution in [2.45, 2.75) is 35.4 Å². The van der Waals surface area contributed by atoms with Crippen LogP contribution in [0.2, 0.25) is 8.26 Å². The molecule has 0 saturated carbocycles. The fraction of sp³-hybridized carbons (Fsp3) is 0.467. The quantitative estimate of drug-likeness (QED) is 0.691. The molecule has 0 aromatic carbocycles. The zero-order valence-corrected chi connectivity index (χ0v) is 13.0. The number of hydrogen-bond donors (Lipinski definition) is 0. The topological polar surface area (TPSA) is 0 Å². The van der Waals surface area contributed by atoms with Crippen molar-refractivity contribution in [1.82, 2.24) is 0 Å². The van der Waals surface area contributed by atoms with Gasteiger partial charge in [0.05, 0.1) is 0 Å². The van der Waals surface area contributed by atoms with Gasteiger partial charge in [-0.1, -0.05) is 0 Å². The molecule has 3 rings (SSSR count). The molecule has 1 heterocycles. The summed E-state index contributed by atoms with van der Waals surface area (Å²) in [4.78, 5) is 0. The maximum atomic E-state index is 2.49. The SMILES string of the molecule is CC1=CC(C)[C]([Zr]2([C]3=CC=CC3)[CH2][CH2]2)=C1C. The zero-order valence-electron chi connectivity index (χ0n) is 10.5. The molecule has 0 bridgehead atoms. The Morgan fingerprint density at radius 3 is 2.44 bits per heavy atom. The van der Waals surface area contributed by atoms with E-state index in [0.29, 0.717) is 0 Å². The molecule has 3 aliphatic rings. The van der Waals surface area contributed by atoms with Crippen molar-refractivity contribution in [2.24, 2.45) is 5.92 Å². The van der Waals surface area contributed by atoms with Crippen LogP contribution in [0.25, 0.3) is 0 Å². The molecule has 0 spiro atoms. The third-order valence-corrected chi connectivity index (χ3v) is 16.8. The van der Waals surface area contributed by atoms with Gasteiger partial charge in [-0.2, -0.15) is 0 Å². The molecule has 0 amide bonds. The van der Waals surface area contributed by atoms with Gasteiger partial charge in [0.15, 0.2) is 0 Å². The van der Waals surface area contributed by atoms with E-state index in [1.165, 1.54) is 6.42 Å². The van der Waals surface area contributed by atoms with E-state index in [-0.39, 0.29) is 0 Å². The van der Waals surface area contributed by atoms with Gasteiger partial charge in [0.25, 0.3) is 0 Å². The first-order chi connectivity index (χ1) is 7.65. The Hall–Kier alpha value is -0.157. The van der Waals surface area contributed by atoms with E-state index < -0.39 is 20.3 Å². The Balaban J connectivity index is 2.00. The van der Waals surface area contributed by atoms with Crippen LogP contribution in [0.4, 0.5) is 0 Å². The molecular weight excluding hydrogens is 271 g/mol. The fourth-order valence-electron chi connectivity index (χ4n) is 3.62. The van der Waals surface area contributed by atoms with Crippen LogP contribution in [0, 0.1) is 5.92 Å². The molecule has 84 valence electrons. The average Bonchev–Trinajstić information content (AvgIpc) is 2.75. The predicted octanol–water partition coefficient (Wildman–Crippen LogP) is 4.70. The monoisotopic (exact) mass is 290 g/mol. The summed E-state index contributed by atoms with van der Waals surface area (Å²) in [5, 5.41) is 0. The predicted molar refractivity (Wildman–Crippen MR) is 67.1 cm³/mol. The van der Waals surface area contributed by atoms with E-state index in [4.69, 9.17) is 0 Å². The van der Waals surface area contributed by atoms with Crippen LogP contribution in [0.15, 0.2) is 42.0 Å². The van der Waals surface area contributed by atoms with Gasteiger partial charge in [-0.3, -0.25) is 0 Å². The second-order valence-electron chi connectivity index (χ2n) is 5.58. The molecular formula is C15H20Zr. The van der Waals surface area contributed by atoms with Crippen LogP contribution in [0.3, 0.4) is 0 Å². The summed E-state index contributed by atoms with van der Waals surface area (Å²) in [6.07, 6.45) is 10.8. The van der Waals surface area contributed by atoms with Gasteiger partial charge in [0, 0.05) is 0 Å². The second kappa shape index (κ2) is 3.67. The molecule has 0 aromatic rings. The van der Waals surface area contributed by atoms with Crippen LogP contribution in [0.1, 0.15) is 27.2 Å². The van der Waals surface area contributed by atoms with Crippen LogP contribution >= 0.6 is 0 Å². The summed E-state index contributed by atoms with van der Waals surface area (Å²) in [6.45, 7) is 7.07. The Morgan fingerprint density at radius 1 is 1.25 bits per heavy atom. The minimum absolute atomic E-state index is 0.750. The van der Waals surface area contributed by atoms with Crippen LogP contribution in [-0.4, -0.2) is 0 Å². The molecule has 0 radical (unpaired) electrons. The van der Waals surface area contributed by atoms with E-state index in [0.717, 1.165) is 5.92 Å². The van der Waals surface area contributed by atoms with Gasteiger partial charge in [-0.15, -0.1) is 0 Å². The Labute approximate surface area is 103 Å². The van der Waals surface area contributed by atoms with Crippen molar-refractivity contribution in [3.63, 3.8) is 0 Å². The van der Waals surface area contributed by atoms with Crippen LogP contribution in [0.5, 0.6) is 0 Å². The standard InChI is InChI=1S/C8H11.C5H5.C2H4.Zr/c1-6-4-7(2)8(3)5-6;1-2-4-5-3-1;1-2;/h4,6H,1-3H3;1-3H,4H2;1-2H2;. The summed E-state index contributed by atoms with van der Waals surface area (Å²) in [5.74, 6) is 0.750. The van der Waals surface area contributed by atoms with Crippen molar-refractivity contribution in [1.29, 1.82) is 0 Å². The summed E-state index contributed by atoms with van der Waals surface area (Å²) in [5.41, 5.74) is 3.21. The molecule has 0 aromatic heterocycles. The van der Waals surface area contributed by atoms with Gasteiger partial charge in [-0.05, 0) is 0 Å². The maximum absolute atomic E-state index is 2.49. The zero-order chi connectivity index (χ0) is 11.3. The summed E-state index contributed by atoms with van der Waals surface area (Å²) >= 11 is -1.94. The first-order valence-corrected chi connectivity index (χ1v) is 12.3. The third kappa shape index (κ3) is 1.44. The van der Waals surface area contributed by atoms with Crippen molar-refractivity contribution in [2.75, 3.05) is 0 Å². The molecule has 1 unspecified atom stereocenters. The first kappa shape index (κ1) is 11.0. The molecule has 1 heteroatoms. The molecule has 1 aliphatic heterocycles. The Morgan fingerprint density at radius 2 is 2.00 bits per heavy atom. The number of allylic oxidation sites excluding steroid dienone is 8. The molecule has 0 N–H and O–H groups in total. The first-order valence-electron chi connectivity index (χ1n) is 6.41. The Kier molecular flexibility index (Phi) is 2.51. The van der Waals surface area contributed by atoms with Crippen molar-refractivity contribution >= 4 is 0 Å². The van der Waals surface area contributed by atoms with Crippen molar-refractivity contribution < 1.29 is 20.3 Å². The van der Waals surface area contributed by atoms with Crippen molar-refractivity contribution in [3.8, 4) is 0 Å². The summed E-state index contributed by atoms with van der Waals surface area (Å²) in [7, 11) is 0. The molecule has 0 nitrogen and oxygen atoms in total. The van der Waals surface area contributed by atoms with E-state index in [9.17, 15) is 0 Å². The van der Waals surface area contributed by atoms with Gasteiger partial charge in [-0.25, -0.2) is 0 Å². The van der Waals surface area contributed by atoms with Crippen LogP contribution < -0.4 is 0 Å². The fourth-order valence-corrected chi connectivity index (χ4v) is 18.5. The second-order valence-corrected chi connectivity index (χ2v) is 16.3. The van der Waals surface area contributed by atoms with E-state index >= 15 is 0 Å². The molecule has 2 aliphatic carbocycles. The summed E-state index contributed by atoms with van der Waals surface area (Å²) in [6, 6.07) is 0. The van der Waals surface area contributed by atoms with E-state index in [1.54, 1.807) is 19.4 Å². The number of rotatable bonds is 2. The third-order valence-electron chi connectivity index (χ3n) is 4.60. The van der Waals surface area contributed by atoms with E-state index in [1.807, 2.05) is 6.56 Å². The van der Waals surface area contributed by atoms with Gasteiger partial charge in [0.1, 0.15) is 0 Å². The van der Waals surface area contributed by atoms with Gasteiger partial charge >= 0.3 is 104 Å². The van der Waals surface area contributed by atoms with Crippen molar-refractivity contribution in [3.05, 3.63) is 42.0 Å². The van der Waals surface area contributed by atoms with Gasteiger partial charge in [0.2, 0.25) is 0 Å². The van der Waals surface area contributed by atoms with Gasteiger partial charge < -0.3 is 0 Å². The normalized spacial score (nSPS) is 30.8. The summed E-state index contributed by atoms with van der Waals surface area (Å²) < 4.78 is 6.97. The Bertz CT molecular complexity index is 456. The molecule has 16 heavy (non-hydrogen) atoms. The molecule has 1 saturated heterocycles. The van der Waals surface area contributed by atoms with E-state index in [2.05, 4.69) is 45.1 Å².